The molecule has 0 atom stereocenters. The molecular weight excluding hydrogens is 451 g/mol. The molecule has 1 amide bonds. The number of pyridine rings is 1. The number of hydrogen-bond acceptors (Lipinski definition) is 7. The molecule has 0 spiro atoms. The molecule has 0 radical (unpaired) electrons. The SMILES string of the molecule is CCOC(=O)c1c(NC(=O)COC(=O)c2ncc(Cl)c(Cl)c2Cl)sc(C)c1C. The van der Waals surface area contributed by atoms with Gasteiger partial charge in [0.15, 0.2) is 12.3 Å². The summed E-state index contributed by atoms with van der Waals surface area (Å²) in [7, 11) is 0. The molecule has 2 aromatic rings. The van der Waals surface area contributed by atoms with E-state index in [4.69, 9.17) is 44.3 Å². The van der Waals surface area contributed by atoms with Gasteiger partial charge in [0.2, 0.25) is 0 Å². The molecule has 7 nitrogen and oxygen atoms in total. The monoisotopic (exact) mass is 464 g/mol. The van der Waals surface area contributed by atoms with Crippen molar-refractivity contribution in [2.24, 2.45) is 0 Å². The first-order valence-electron chi connectivity index (χ1n) is 7.90. The molecule has 0 aliphatic rings. The third-order valence-electron chi connectivity index (χ3n) is 3.56. The van der Waals surface area contributed by atoms with Crippen LogP contribution in [0.25, 0.3) is 0 Å². The number of ether oxygens (including phenoxy) is 2. The number of anilines is 1. The minimum atomic E-state index is -0.942. The van der Waals surface area contributed by atoms with Gasteiger partial charge in [-0.15, -0.1) is 11.3 Å². The number of carbonyl (C=O) groups excluding carboxylic acids is 3. The maximum atomic E-state index is 12.2. The Morgan fingerprint density at radius 2 is 1.79 bits per heavy atom. The van der Waals surface area contributed by atoms with E-state index >= 15 is 0 Å². The number of nitrogens with one attached hydrogen (secondary N) is 1. The molecule has 0 fully saturated rings. The fourth-order valence-electron chi connectivity index (χ4n) is 2.11. The van der Waals surface area contributed by atoms with Gasteiger partial charge in [-0.05, 0) is 26.3 Å². The fraction of sp³-hybridized carbons (Fsp3) is 0.294. The number of aromatic nitrogens is 1. The topological polar surface area (TPSA) is 94.6 Å². The van der Waals surface area contributed by atoms with Crippen molar-refractivity contribution in [3.05, 3.63) is 43.0 Å². The van der Waals surface area contributed by atoms with Gasteiger partial charge in [-0.25, -0.2) is 14.6 Å². The lowest BCUT2D eigenvalue weighted by Crippen LogP contribution is -2.22. The highest BCUT2D eigenvalue weighted by molar-refractivity contribution is 7.16. The van der Waals surface area contributed by atoms with Crippen molar-refractivity contribution in [3.63, 3.8) is 0 Å². The standard InChI is InChI=1S/C17H15Cl3N2O5S/c1-4-26-16(24)11-7(2)8(3)28-15(11)22-10(23)6-27-17(25)14-13(20)12(19)9(18)5-21-14/h5H,4,6H2,1-3H3,(H,22,23). The lowest BCUT2D eigenvalue weighted by Gasteiger charge is -2.09. The van der Waals surface area contributed by atoms with Crippen LogP contribution in [-0.2, 0) is 14.3 Å². The number of thiophene rings is 1. The van der Waals surface area contributed by atoms with Crippen molar-refractivity contribution in [2.45, 2.75) is 20.8 Å². The molecule has 0 saturated carbocycles. The largest absolute Gasteiger partial charge is 0.462 e. The highest BCUT2D eigenvalue weighted by Crippen LogP contribution is 2.33. The lowest BCUT2D eigenvalue weighted by atomic mass is 10.1. The van der Waals surface area contributed by atoms with Gasteiger partial charge in [0, 0.05) is 11.1 Å². The van der Waals surface area contributed by atoms with Crippen LogP contribution in [0.5, 0.6) is 0 Å². The molecule has 2 heterocycles. The lowest BCUT2D eigenvalue weighted by molar-refractivity contribution is -0.119. The Morgan fingerprint density at radius 3 is 2.43 bits per heavy atom. The van der Waals surface area contributed by atoms with Crippen LogP contribution < -0.4 is 5.32 Å². The second kappa shape index (κ2) is 9.56. The number of halogens is 3. The normalized spacial score (nSPS) is 10.5. The minimum Gasteiger partial charge on any atom is -0.462 e. The van der Waals surface area contributed by atoms with E-state index in [1.165, 1.54) is 11.3 Å². The van der Waals surface area contributed by atoms with E-state index in [-0.39, 0.29) is 32.9 Å². The first-order chi connectivity index (χ1) is 13.2. The quantitative estimate of drug-likeness (QED) is 0.622. The van der Waals surface area contributed by atoms with Gasteiger partial charge in [-0.2, -0.15) is 0 Å². The molecule has 0 bridgehead atoms. The molecule has 1 N–H and O–H groups in total. The van der Waals surface area contributed by atoms with Gasteiger partial charge in [0.25, 0.3) is 5.91 Å². The smallest absolute Gasteiger partial charge is 0.359 e. The summed E-state index contributed by atoms with van der Waals surface area (Å²) in [5, 5.41) is 2.74. The summed E-state index contributed by atoms with van der Waals surface area (Å²) in [6, 6.07) is 0. The zero-order chi connectivity index (χ0) is 21.0. The van der Waals surface area contributed by atoms with Crippen LogP contribution in [-0.4, -0.2) is 36.0 Å². The summed E-state index contributed by atoms with van der Waals surface area (Å²) in [6.07, 6.45) is 1.15. The molecule has 0 unspecified atom stereocenters. The van der Waals surface area contributed by atoms with Crippen molar-refractivity contribution in [1.82, 2.24) is 4.98 Å². The first-order valence-corrected chi connectivity index (χ1v) is 9.85. The average molecular weight is 466 g/mol. The van der Waals surface area contributed by atoms with Crippen LogP contribution in [0.15, 0.2) is 6.20 Å². The van der Waals surface area contributed by atoms with Crippen molar-refractivity contribution in [2.75, 3.05) is 18.5 Å². The van der Waals surface area contributed by atoms with Crippen LogP contribution in [0, 0.1) is 13.8 Å². The molecular formula is C17H15Cl3N2O5S. The van der Waals surface area contributed by atoms with Crippen molar-refractivity contribution in [3.8, 4) is 0 Å². The Labute approximate surface area is 179 Å². The Kier molecular flexibility index (Phi) is 7.65. The summed E-state index contributed by atoms with van der Waals surface area (Å²) in [5.74, 6) is -2.12. The van der Waals surface area contributed by atoms with E-state index < -0.39 is 24.5 Å². The van der Waals surface area contributed by atoms with Gasteiger partial charge in [0.1, 0.15) is 5.00 Å². The third kappa shape index (κ3) is 4.94. The summed E-state index contributed by atoms with van der Waals surface area (Å²) in [5.41, 5.74) is 0.722. The number of amides is 1. The first kappa shape index (κ1) is 22.4. The molecule has 0 aromatic carbocycles. The van der Waals surface area contributed by atoms with Crippen molar-refractivity contribution in [1.29, 1.82) is 0 Å². The summed E-state index contributed by atoms with van der Waals surface area (Å²) in [4.78, 5) is 41.0. The summed E-state index contributed by atoms with van der Waals surface area (Å²) >= 11 is 18.7. The van der Waals surface area contributed by atoms with Gasteiger partial charge in [-0.1, -0.05) is 34.8 Å². The van der Waals surface area contributed by atoms with E-state index in [0.29, 0.717) is 10.6 Å². The van der Waals surface area contributed by atoms with Crippen LogP contribution in [0.1, 0.15) is 38.2 Å². The van der Waals surface area contributed by atoms with Gasteiger partial charge in [-0.3, -0.25) is 4.79 Å². The van der Waals surface area contributed by atoms with Gasteiger partial charge in [0.05, 0.1) is 27.2 Å². The van der Waals surface area contributed by atoms with Crippen LogP contribution in [0.2, 0.25) is 15.1 Å². The number of rotatable bonds is 6. The predicted octanol–water partition coefficient (Wildman–Crippen LogP) is 4.69. The van der Waals surface area contributed by atoms with E-state index in [1.807, 2.05) is 6.92 Å². The summed E-state index contributed by atoms with van der Waals surface area (Å²) in [6.45, 7) is 4.85. The molecule has 11 heteroatoms. The summed E-state index contributed by atoms with van der Waals surface area (Å²) < 4.78 is 9.93. The van der Waals surface area contributed by atoms with Crippen molar-refractivity contribution >= 4 is 69.0 Å². The molecule has 0 aliphatic carbocycles. The Hall–Kier alpha value is -1.87. The molecule has 2 aromatic heterocycles. The number of carbonyl (C=O) groups is 3. The molecule has 0 aliphatic heterocycles. The Bertz CT molecular complexity index is 945. The van der Waals surface area contributed by atoms with Crippen LogP contribution >= 0.6 is 46.1 Å². The number of esters is 2. The highest BCUT2D eigenvalue weighted by Gasteiger charge is 2.23. The van der Waals surface area contributed by atoms with E-state index in [2.05, 4.69) is 10.3 Å². The Balaban J connectivity index is 2.07. The minimum absolute atomic E-state index is 0.0432. The zero-order valence-corrected chi connectivity index (χ0v) is 18.1. The van der Waals surface area contributed by atoms with E-state index in [1.54, 1.807) is 13.8 Å². The van der Waals surface area contributed by atoms with Gasteiger partial charge >= 0.3 is 11.9 Å². The molecule has 2 rings (SSSR count). The maximum absolute atomic E-state index is 12.2. The molecule has 28 heavy (non-hydrogen) atoms. The number of hydrogen-bond donors (Lipinski definition) is 1. The van der Waals surface area contributed by atoms with Crippen LogP contribution in [0.3, 0.4) is 0 Å². The zero-order valence-electron chi connectivity index (χ0n) is 15.0. The maximum Gasteiger partial charge on any atom is 0.359 e. The number of aryl methyl sites for hydroxylation is 1. The van der Waals surface area contributed by atoms with E-state index in [0.717, 1.165) is 11.1 Å². The van der Waals surface area contributed by atoms with Crippen LogP contribution in [0.4, 0.5) is 5.00 Å². The van der Waals surface area contributed by atoms with Crippen molar-refractivity contribution < 1.29 is 23.9 Å². The predicted molar refractivity (Wildman–Crippen MR) is 108 cm³/mol. The average Bonchev–Trinajstić information content (AvgIpc) is 2.91. The fourth-order valence-corrected chi connectivity index (χ4v) is 3.73. The molecule has 150 valence electrons. The third-order valence-corrected chi connectivity index (χ3v) is 5.93. The highest BCUT2D eigenvalue weighted by atomic mass is 35.5. The van der Waals surface area contributed by atoms with Gasteiger partial charge < -0.3 is 14.8 Å². The van der Waals surface area contributed by atoms with E-state index in [9.17, 15) is 14.4 Å². The second-order valence-corrected chi connectivity index (χ2v) is 7.80. The second-order valence-electron chi connectivity index (χ2n) is 5.41. The molecule has 0 saturated heterocycles. The Morgan fingerprint density at radius 1 is 1.11 bits per heavy atom. The number of nitrogens with zero attached hydrogens (tertiary/aromatic N) is 1.